The van der Waals surface area contributed by atoms with Crippen LogP contribution in [0.3, 0.4) is 0 Å². The lowest BCUT2D eigenvalue weighted by molar-refractivity contribution is -0.533. The van der Waals surface area contributed by atoms with E-state index < -0.39 is 23.6 Å². The van der Waals surface area contributed by atoms with Gasteiger partial charge in [-0.25, -0.2) is 13.6 Å². The van der Waals surface area contributed by atoms with Gasteiger partial charge in [0, 0.05) is 6.07 Å². The van der Waals surface area contributed by atoms with Crippen molar-refractivity contribution >= 4 is 17.6 Å². The molecule has 136 valence electrons. The Morgan fingerprint density at radius 2 is 2.04 bits per heavy atom. The molecule has 2 aromatic rings. The first-order valence-electron chi connectivity index (χ1n) is 7.98. The lowest BCUT2D eigenvalue weighted by atomic mass is 10.2. The van der Waals surface area contributed by atoms with Gasteiger partial charge in [0.2, 0.25) is 17.5 Å². The number of carbonyl (C=O) groups excluding carboxylic acids is 1. The fraction of sp³-hybridized carbons (Fsp3) is 0.278. The number of ether oxygens (including phenoxy) is 2. The first-order chi connectivity index (χ1) is 12.4. The molecule has 5 nitrogen and oxygen atoms in total. The van der Waals surface area contributed by atoms with E-state index in [1.165, 1.54) is 22.6 Å². The Morgan fingerprint density at radius 1 is 1.35 bits per heavy atom. The van der Waals surface area contributed by atoms with Gasteiger partial charge in [-0.15, -0.1) is 0 Å². The van der Waals surface area contributed by atoms with Gasteiger partial charge in [0.05, 0.1) is 17.2 Å². The fourth-order valence-electron chi connectivity index (χ4n) is 2.69. The highest BCUT2D eigenvalue weighted by Crippen LogP contribution is 2.18. The van der Waals surface area contributed by atoms with Gasteiger partial charge in [-0.05, 0) is 26.0 Å². The number of fused-ring (bicyclic) bond motifs is 1. The predicted molar refractivity (Wildman–Crippen MR) is 88.2 cm³/mol. The van der Waals surface area contributed by atoms with Crippen LogP contribution in [0.1, 0.15) is 19.4 Å². The smallest absolute Gasteiger partial charge is 0.379 e. The van der Waals surface area contributed by atoms with E-state index in [9.17, 15) is 13.6 Å². The molecule has 0 saturated carbocycles. The van der Waals surface area contributed by atoms with E-state index in [1.54, 1.807) is 13.8 Å². The Balaban J connectivity index is 2.03. The largest absolute Gasteiger partial charge is 0.481 e. The third-order valence-corrected chi connectivity index (χ3v) is 4.07. The number of aromatic nitrogens is 1. The van der Waals surface area contributed by atoms with Crippen molar-refractivity contribution < 1.29 is 27.3 Å². The molecule has 1 atom stereocenters. The highest BCUT2D eigenvalue weighted by molar-refractivity contribution is 6.30. The molecule has 0 N–H and O–H groups in total. The molecular formula is C18H16ClF2N2O3+. The predicted octanol–water partition coefficient (Wildman–Crippen LogP) is 2.45. The third-order valence-electron chi connectivity index (χ3n) is 3.86. The molecule has 0 fully saturated rings. The van der Waals surface area contributed by atoms with Gasteiger partial charge in [-0.1, -0.05) is 22.7 Å². The molecule has 0 radical (unpaired) electrons. The summed E-state index contributed by atoms with van der Waals surface area (Å²) in [6.45, 7) is 3.32. The monoisotopic (exact) mass is 381 g/mol. The van der Waals surface area contributed by atoms with Gasteiger partial charge in [0.1, 0.15) is 24.4 Å². The second kappa shape index (κ2) is 7.37. The van der Waals surface area contributed by atoms with Crippen molar-refractivity contribution in [3.63, 3.8) is 0 Å². The van der Waals surface area contributed by atoms with Crippen molar-refractivity contribution in [2.45, 2.75) is 26.5 Å². The maximum Gasteiger partial charge on any atom is 0.379 e. The summed E-state index contributed by atoms with van der Waals surface area (Å²) in [5.41, 5.74) is 0.430. The van der Waals surface area contributed by atoms with Crippen LogP contribution in [-0.4, -0.2) is 18.6 Å². The van der Waals surface area contributed by atoms with Crippen LogP contribution in [0.25, 0.3) is 0 Å². The summed E-state index contributed by atoms with van der Waals surface area (Å²) in [6, 6.07) is 4.59. The average molecular weight is 382 g/mol. The van der Waals surface area contributed by atoms with Gasteiger partial charge in [0.15, 0.2) is 0 Å². The van der Waals surface area contributed by atoms with Crippen LogP contribution in [-0.2, 0) is 16.1 Å². The van der Waals surface area contributed by atoms with E-state index in [4.69, 9.17) is 21.1 Å². The Kier molecular flexibility index (Phi) is 5.18. The molecule has 0 amide bonds. The van der Waals surface area contributed by atoms with E-state index in [-0.39, 0.29) is 29.5 Å². The first kappa shape index (κ1) is 18.3. The van der Waals surface area contributed by atoms with Crippen LogP contribution in [0.2, 0.25) is 5.02 Å². The Hall–Kier alpha value is -2.54. The average Bonchev–Trinajstić information content (AvgIpc) is 2.90. The molecule has 0 bridgehead atoms. The summed E-state index contributed by atoms with van der Waals surface area (Å²) < 4.78 is 39.7. The van der Waals surface area contributed by atoms with Crippen LogP contribution in [0.4, 0.5) is 8.78 Å². The van der Waals surface area contributed by atoms with Crippen molar-refractivity contribution in [2.24, 2.45) is 4.99 Å². The molecular weight excluding hydrogens is 366 g/mol. The molecule has 0 aliphatic carbocycles. The quantitative estimate of drug-likeness (QED) is 0.590. The summed E-state index contributed by atoms with van der Waals surface area (Å²) in [7, 11) is 0. The summed E-state index contributed by atoms with van der Waals surface area (Å²) in [6.07, 6.45) is 1.52. The van der Waals surface area contributed by atoms with Crippen molar-refractivity contribution in [1.29, 1.82) is 0 Å². The van der Waals surface area contributed by atoms with Crippen molar-refractivity contribution in [3.05, 3.63) is 63.9 Å². The minimum absolute atomic E-state index is 0.202. The first-order valence-corrected chi connectivity index (χ1v) is 8.36. The summed E-state index contributed by atoms with van der Waals surface area (Å²) in [4.78, 5) is 16.6. The van der Waals surface area contributed by atoms with E-state index in [2.05, 4.69) is 4.99 Å². The van der Waals surface area contributed by atoms with Crippen LogP contribution < -0.4 is 14.5 Å². The molecule has 0 saturated heterocycles. The highest BCUT2D eigenvalue weighted by Gasteiger charge is 2.34. The minimum Gasteiger partial charge on any atom is -0.481 e. The third kappa shape index (κ3) is 3.39. The maximum atomic E-state index is 13.8. The second-order valence-corrected chi connectivity index (χ2v) is 6.05. The normalized spacial score (nSPS) is 15.4. The van der Waals surface area contributed by atoms with Crippen LogP contribution >= 0.6 is 11.6 Å². The molecule has 1 aliphatic rings. The summed E-state index contributed by atoms with van der Waals surface area (Å²) >= 11 is 6.11. The standard InChI is InChI=1S/C18H16ClF2N2O3/c1-3-25-18(24)16-10(2)22-17-15(7-11(19)8-23(16)17)26-9-12-13(20)5-4-6-14(12)21/h4-8,10H,3,9H2,1-2H3/q+1. The van der Waals surface area contributed by atoms with Crippen LogP contribution in [0, 0.1) is 17.3 Å². The van der Waals surface area contributed by atoms with Crippen molar-refractivity contribution in [1.82, 2.24) is 0 Å². The number of pyridine rings is 1. The lowest BCUT2D eigenvalue weighted by Gasteiger charge is -2.06. The molecule has 3 rings (SSSR count). The Morgan fingerprint density at radius 3 is 2.69 bits per heavy atom. The minimum atomic E-state index is -0.708. The number of hydrogen-bond acceptors (Lipinski definition) is 4. The zero-order valence-corrected chi connectivity index (χ0v) is 14.9. The molecule has 1 unspecified atom stereocenters. The summed E-state index contributed by atoms with van der Waals surface area (Å²) in [5.74, 6) is -1.71. The second-order valence-electron chi connectivity index (χ2n) is 5.62. The number of nitrogens with zero attached hydrogens (tertiary/aromatic N) is 2. The Bertz CT molecular complexity index is 974. The molecule has 1 aromatic heterocycles. The topological polar surface area (TPSA) is 53.8 Å². The van der Waals surface area contributed by atoms with Crippen LogP contribution in [0.5, 0.6) is 5.75 Å². The zero-order valence-electron chi connectivity index (χ0n) is 14.1. The van der Waals surface area contributed by atoms with E-state index >= 15 is 0 Å². The highest BCUT2D eigenvalue weighted by atomic mass is 35.5. The number of carbonyl (C=O) groups is 1. The molecule has 8 heteroatoms. The van der Waals surface area contributed by atoms with Gasteiger partial charge < -0.3 is 9.47 Å². The molecule has 1 aliphatic heterocycles. The van der Waals surface area contributed by atoms with Crippen molar-refractivity contribution in [3.8, 4) is 5.75 Å². The molecule has 2 heterocycles. The van der Waals surface area contributed by atoms with E-state index in [0.29, 0.717) is 11.2 Å². The number of hydrogen-bond donors (Lipinski definition) is 0. The molecule has 1 aromatic carbocycles. The Labute approximate surface area is 153 Å². The number of benzene rings is 1. The lowest BCUT2D eigenvalue weighted by Crippen LogP contribution is -2.41. The number of esters is 1. The number of rotatable bonds is 5. The maximum absolute atomic E-state index is 13.8. The van der Waals surface area contributed by atoms with Crippen molar-refractivity contribution in [2.75, 3.05) is 6.61 Å². The van der Waals surface area contributed by atoms with Gasteiger partial charge >= 0.3 is 11.5 Å². The molecule has 0 spiro atoms. The van der Waals surface area contributed by atoms with E-state index in [0.717, 1.165) is 12.1 Å². The van der Waals surface area contributed by atoms with Gasteiger partial charge in [-0.2, -0.15) is 4.24 Å². The van der Waals surface area contributed by atoms with Gasteiger partial charge in [0.25, 0.3) is 0 Å². The zero-order chi connectivity index (χ0) is 18.8. The summed E-state index contributed by atoms with van der Waals surface area (Å²) in [5, 5.41) is 0.281. The number of halogens is 3. The van der Waals surface area contributed by atoms with Gasteiger partial charge in [-0.3, -0.25) is 0 Å². The fourth-order valence-corrected chi connectivity index (χ4v) is 2.88. The van der Waals surface area contributed by atoms with Crippen LogP contribution in [0.15, 0.2) is 35.5 Å². The van der Waals surface area contributed by atoms with E-state index in [1.807, 2.05) is 0 Å². The molecule has 26 heavy (non-hydrogen) atoms. The SMILES string of the molecule is CCOC(=O)C1=[n+]2cc(Cl)cc(OCc3c(F)cccc3F)c2=NC1C.